The van der Waals surface area contributed by atoms with Gasteiger partial charge in [0.2, 0.25) is 0 Å². The third kappa shape index (κ3) is 5.31. The second-order valence-corrected chi connectivity index (χ2v) is 5.32. The maximum absolute atomic E-state index is 5.96. The van der Waals surface area contributed by atoms with Gasteiger partial charge in [-0.15, -0.1) is 24.0 Å². The first kappa shape index (κ1) is 19.0. The Hall–Kier alpha value is -1.02. The standard InChI is InChI=1S/C16H26N4O.HI/c1-3-20-10-6-8-14(20)12-19-16(17)18-11-13-7-4-5-9-15(13)21-2;/h4-5,7,9,14H,3,6,8,10-12H2,1-2H3,(H3,17,18,19);1H. The lowest BCUT2D eigenvalue weighted by Crippen LogP contribution is -2.42. The molecule has 3 N–H and O–H groups in total. The molecule has 1 unspecified atom stereocenters. The Morgan fingerprint density at radius 3 is 2.95 bits per heavy atom. The summed E-state index contributed by atoms with van der Waals surface area (Å²) in [6, 6.07) is 8.45. The van der Waals surface area contributed by atoms with Crippen molar-refractivity contribution in [2.75, 3.05) is 26.7 Å². The van der Waals surface area contributed by atoms with Crippen LogP contribution < -0.4 is 15.8 Å². The van der Waals surface area contributed by atoms with Gasteiger partial charge in [0, 0.05) is 18.2 Å². The van der Waals surface area contributed by atoms with Gasteiger partial charge < -0.3 is 15.8 Å². The first-order valence-electron chi connectivity index (χ1n) is 7.64. The smallest absolute Gasteiger partial charge is 0.188 e. The highest BCUT2D eigenvalue weighted by atomic mass is 127. The molecule has 22 heavy (non-hydrogen) atoms. The molecule has 0 radical (unpaired) electrons. The second-order valence-electron chi connectivity index (χ2n) is 5.32. The molecule has 0 aromatic heterocycles. The van der Waals surface area contributed by atoms with E-state index in [0.717, 1.165) is 24.4 Å². The van der Waals surface area contributed by atoms with Crippen LogP contribution in [0.25, 0.3) is 0 Å². The van der Waals surface area contributed by atoms with Gasteiger partial charge in [0.05, 0.1) is 13.7 Å². The van der Waals surface area contributed by atoms with Crippen LogP contribution in [0.2, 0.25) is 0 Å². The van der Waals surface area contributed by atoms with Crippen molar-refractivity contribution in [3.05, 3.63) is 29.8 Å². The fraction of sp³-hybridized carbons (Fsp3) is 0.562. The molecule has 2 rings (SSSR count). The number of likely N-dealkylation sites (N-methyl/N-ethyl adjacent to an activating group) is 1. The first-order valence-corrected chi connectivity index (χ1v) is 7.64. The summed E-state index contributed by atoms with van der Waals surface area (Å²) in [6.07, 6.45) is 2.51. The van der Waals surface area contributed by atoms with E-state index in [1.165, 1.54) is 19.4 Å². The Kier molecular flexibility index (Phi) is 8.55. The predicted octanol–water partition coefficient (Wildman–Crippen LogP) is 2.20. The van der Waals surface area contributed by atoms with Gasteiger partial charge in [-0.2, -0.15) is 0 Å². The minimum Gasteiger partial charge on any atom is -0.496 e. The van der Waals surface area contributed by atoms with Crippen molar-refractivity contribution in [3.8, 4) is 5.75 Å². The van der Waals surface area contributed by atoms with Gasteiger partial charge in [0.15, 0.2) is 5.96 Å². The fourth-order valence-corrected chi connectivity index (χ4v) is 2.82. The molecule has 1 atom stereocenters. The number of rotatable bonds is 6. The number of nitrogens with two attached hydrogens (primary N) is 1. The summed E-state index contributed by atoms with van der Waals surface area (Å²) >= 11 is 0. The molecule has 0 bridgehead atoms. The number of nitrogens with one attached hydrogen (secondary N) is 1. The van der Waals surface area contributed by atoms with E-state index in [2.05, 4.69) is 22.1 Å². The number of ether oxygens (including phenoxy) is 1. The van der Waals surface area contributed by atoms with E-state index in [-0.39, 0.29) is 24.0 Å². The summed E-state index contributed by atoms with van der Waals surface area (Å²) < 4.78 is 5.31. The molecule has 0 amide bonds. The number of benzene rings is 1. The monoisotopic (exact) mass is 418 g/mol. The zero-order valence-corrected chi connectivity index (χ0v) is 15.7. The lowest BCUT2D eigenvalue weighted by Gasteiger charge is -2.23. The van der Waals surface area contributed by atoms with Crippen molar-refractivity contribution in [2.45, 2.75) is 32.4 Å². The largest absolute Gasteiger partial charge is 0.496 e. The highest BCUT2D eigenvalue weighted by Crippen LogP contribution is 2.18. The lowest BCUT2D eigenvalue weighted by molar-refractivity contribution is 0.267. The molecule has 1 aliphatic heterocycles. The third-order valence-corrected chi connectivity index (χ3v) is 4.04. The zero-order chi connectivity index (χ0) is 15.1. The molecule has 1 fully saturated rings. The van der Waals surface area contributed by atoms with E-state index in [4.69, 9.17) is 10.5 Å². The molecule has 1 saturated heterocycles. The normalized spacial score (nSPS) is 18.8. The molecular formula is C16H27IN4O. The molecule has 1 heterocycles. The lowest BCUT2D eigenvalue weighted by atomic mass is 10.2. The van der Waals surface area contributed by atoms with Crippen LogP contribution in [0.5, 0.6) is 5.75 Å². The van der Waals surface area contributed by atoms with Gasteiger partial charge >= 0.3 is 0 Å². The molecule has 1 aromatic rings. The number of hydrogen-bond acceptors (Lipinski definition) is 3. The Morgan fingerprint density at radius 1 is 1.45 bits per heavy atom. The van der Waals surface area contributed by atoms with Crippen LogP contribution in [-0.2, 0) is 6.54 Å². The number of hydrogen-bond donors (Lipinski definition) is 2. The van der Waals surface area contributed by atoms with E-state index < -0.39 is 0 Å². The van der Waals surface area contributed by atoms with Crippen molar-refractivity contribution >= 4 is 29.9 Å². The quantitative estimate of drug-likeness (QED) is 0.423. The summed E-state index contributed by atoms with van der Waals surface area (Å²) in [7, 11) is 1.67. The van der Waals surface area contributed by atoms with Crippen molar-refractivity contribution in [2.24, 2.45) is 10.7 Å². The Morgan fingerprint density at radius 2 is 2.23 bits per heavy atom. The Balaban J connectivity index is 0.00000242. The maximum atomic E-state index is 5.96. The summed E-state index contributed by atoms with van der Waals surface area (Å²) in [5, 5.41) is 3.24. The predicted molar refractivity (Wildman–Crippen MR) is 102 cm³/mol. The highest BCUT2D eigenvalue weighted by molar-refractivity contribution is 14.0. The number of nitrogens with zero attached hydrogens (tertiary/aromatic N) is 2. The van der Waals surface area contributed by atoms with Crippen LogP contribution in [0.4, 0.5) is 0 Å². The van der Waals surface area contributed by atoms with Crippen molar-refractivity contribution in [3.63, 3.8) is 0 Å². The van der Waals surface area contributed by atoms with Gasteiger partial charge in [-0.05, 0) is 32.0 Å². The van der Waals surface area contributed by atoms with Crippen LogP contribution in [0, 0.1) is 0 Å². The van der Waals surface area contributed by atoms with E-state index in [0.29, 0.717) is 18.5 Å². The third-order valence-electron chi connectivity index (χ3n) is 4.04. The fourth-order valence-electron chi connectivity index (χ4n) is 2.82. The molecule has 124 valence electrons. The number of methoxy groups -OCH3 is 1. The SMILES string of the molecule is CCN1CCCC1CNC(N)=NCc1ccccc1OC.I. The van der Waals surface area contributed by atoms with Crippen LogP contribution in [0.15, 0.2) is 29.3 Å². The van der Waals surface area contributed by atoms with Crippen LogP contribution in [0.1, 0.15) is 25.3 Å². The first-order chi connectivity index (χ1) is 10.2. The van der Waals surface area contributed by atoms with E-state index in [9.17, 15) is 0 Å². The number of likely N-dealkylation sites (tertiary alicyclic amines) is 1. The van der Waals surface area contributed by atoms with E-state index in [1.54, 1.807) is 7.11 Å². The zero-order valence-electron chi connectivity index (χ0n) is 13.4. The average molecular weight is 418 g/mol. The van der Waals surface area contributed by atoms with Crippen LogP contribution in [-0.4, -0.2) is 43.6 Å². The molecule has 5 nitrogen and oxygen atoms in total. The minimum absolute atomic E-state index is 0. The molecule has 0 aliphatic carbocycles. The van der Waals surface area contributed by atoms with E-state index in [1.807, 2.05) is 24.3 Å². The minimum atomic E-state index is 0. The number of para-hydroxylation sites is 1. The van der Waals surface area contributed by atoms with Gasteiger partial charge in [0.25, 0.3) is 0 Å². The maximum Gasteiger partial charge on any atom is 0.188 e. The van der Waals surface area contributed by atoms with Crippen LogP contribution >= 0.6 is 24.0 Å². The summed E-state index contributed by atoms with van der Waals surface area (Å²) in [5.41, 5.74) is 7.00. The molecular weight excluding hydrogens is 391 g/mol. The summed E-state index contributed by atoms with van der Waals surface area (Å²) in [6.45, 7) is 5.91. The van der Waals surface area contributed by atoms with Gasteiger partial charge in [-0.25, -0.2) is 4.99 Å². The molecule has 0 spiro atoms. The van der Waals surface area contributed by atoms with E-state index >= 15 is 0 Å². The molecule has 1 aromatic carbocycles. The summed E-state index contributed by atoms with van der Waals surface area (Å²) in [4.78, 5) is 6.89. The second kappa shape index (κ2) is 9.89. The number of halogens is 1. The molecule has 0 saturated carbocycles. The Bertz CT molecular complexity index is 481. The van der Waals surface area contributed by atoms with Crippen LogP contribution in [0.3, 0.4) is 0 Å². The van der Waals surface area contributed by atoms with Crippen molar-refractivity contribution in [1.82, 2.24) is 10.2 Å². The average Bonchev–Trinajstić information content (AvgIpc) is 2.98. The molecule has 1 aliphatic rings. The summed E-state index contributed by atoms with van der Waals surface area (Å²) in [5.74, 6) is 1.35. The van der Waals surface area contributed by atoms with Crippen molar-refractivity contribution < 1.29 is 4.74 Å². The van der Waals surface area contributed by atoms with Gasteiger partial charge in [0.1, 0.15) is 5.75 Å². The topological polar surface area (TPSA) is 62.9 Å². The molecule has 6 heteroatoms. The van der Waals surface area contributed by atoms with Crippen molar-refractivity contribution in [1.29, 1.82) is 0 Å². The Labute approximate surface area is 150 Å². The highest BCUT2D eigenvalue weighted by Gasteiger charge is 2.22. The number of aliphatic imine (C=N–C) groups is 1. The number of guanidine groups is 1. The van der Waals surface area contributed by atoms with Gasteiger partial charge in [-0.1, -0.05) is 25.1 Å². The van der Waals surface area contributed by atoms with Gasteiger partial charge in [-0.3, -0.25) is 4.90 Å².